The Balaban J connectivity index is 2.04. The number of nitrogens with zero attached hydrogens (tertiary/aromatic N) is 2. The quantitative estimate of drug-likeness (QED) is 0.877. The normalized spacial score (nSPS) is 15.6. The third-order valence-electron chi connectivity index (χ3n) is 3.45. The molecule has 0 amide bonds. The molecule has 0 bridgehead atoms. The van der Waals surface area contributed by atoms with E-state index in [0.717, 1.165) is 12.8 Å². The lowest BCUT2D eigenvalue weighted by molar-refractivity contribution is -0.119. The van der Waals surface area contributed by atoms with Gasteiger partial charge in [0.05, 0.1) is 16.9 Å². The number of anilines is 2. The lowest BCUT2D eigenvalue weighted by Crippen LogP contribution is -2.36. The van der Waals surface area contributed by atoms with Crippen LogP contribution in [-0.4, -0.2) is 23.7 Å². The molecule has 0 saturated heterocycles. The van der Waals surface area contributed by atoms with Gasteiger partial charge in [-0.3, -0.25) is 4.98 Å². The van der Waals surface area contributed by atoms with Crippen molar-refractivity contribution < 1.29 is 13.2 Å². The monoisotopic (exact) mass is 281 g/mol. The largest absolute Gasteiger partial charge is 0.405 e. The van der Waals surface area contributed by atoms with Crippen LogP contribution in [0.4, 0.5) is 24.5 Å². The van der Waals surface area contributed by atoms with Gasteiger partial charge in [0.15, 0.2) is 0 Å². The van der Waals surface area contributed by atoms with Crippen LogP contribution in [0.25, 0.3) is 10.9 Å². The number of rotatable bonds is 3. The van der Waals surface area contributed by atoms with Crippen LogP contribution in [0.3, 0.4) is 0 Å². The van der Waals surface area contributed by atoms with Gasteiger partial charge in [0, 0.05) is 17.6 Å². The maximum absolute atomic E-state index is 12.7. The number of halogens is 3. The SMILES string of the molecule is Nc1c(N(CC(F)(F)F)C2CC2)ccc2ncccc12. The number of benzene rings is 1. The Hall–Kier alpha value is -1.98. The molecule has 3 rings (SSSR count). The first-order valence-corrected chi connectivity index (χ1v) is 6.42. The Morgan fingerprint density at radius 3 is 2.65 bits per heavy atom. The number of nitrogens with two attached hydrogens (primary N) is 1. The van der Waals surface area contributed by atoms with Gasteiger partial charge in [-0.1, -0.05) is 0 Å². The smallest absolute Gasteiger partial charge is 0.396 e. The third-order valence-corrected chi connectivity index (χ3v) is 3.45. The van der Waals surface area contributed by atoms with Crippen molar-refractivity contribution in [1.29, 1.82) is 0 Å². The highest BCUT2D eigenvalue weighted by atomic mass is 19.4. The summed E-state index contributed by atoms with van der Waals surface area (Å²) in [5.74, 6) is 0. The molecule has 1 aromatic carbocycles. The molecule has 2 aromatic rings. The fourth-order valence-corrected chi connectivity index (χ4v) is 2.40. The molecule has 0 spiro atoms. The highest BCUT2D eigenvalue weighted by Crippen LogP contribution is 2.39. The van der Waals surface area contributed by atoms with Gasteiger partial charge in [-0.05, 0) is 37.1 Å². The summed E-state index contributed by atoms with van der Waals surface area (Å²) in [4.78, 5) is 5.52. The van der Waals surface area contributed by atoms with Crippen molar-refractivity contribution in [1.82, 2.24) is 4.98 Å². The summed E-state index contributed by atoms with van der Waals surface area (Å²) in [5, 5.41) is 0.692. The number of hydrogen-bond donors (Lipinski definition) is 1. The van der Waals surface area contributed by atoms with E-state index in [-0.39, 0.29) is 6.04 Å². The van der Waals surface area contributed by atoms with Crippen LogP contribution in [0.2, 0.25) is 0 Å². The van der Waals surface area contributed by atoms with Gasteiger partial charge in [0.1, 0.15) is 6.54 Å². The summed E-state index contributed by atoms with van der Waals surface area (Å²) in [6, 6.07) is 6.79. The fourth-order valence-electron chi connectivity index (χ4n) is 2.40. The molecule has 1 heterocycles. The molecule has 1 aliphatic rings. The van der Waals surface area contributed by atoms with Crippen LogP contribution in [0.1, 0.15) is 12.8 Å². The van der Waals surface area contributed by atoms with E-state index in [1.165, 1.54) is 4.90 Å². The lowest BCUT2D eigenvalue weighted by atomic mass is 10.1. The summed E-state index contributed by atoms with van der Waals surface area (Å²) in [5.41, 5.74) is 7.56. The van der Waals surface area contributed by atoms with Gasteiger partial charge in [0.25, 0.3) is 0 Å². The van der Waals surface area contributed by atoms with Gasteiger partial charge in [-0.2, -0.15) is 13.2 Å². The zero-order chi connectivity index (χ0) is 14.3. The number of aromatic nitrogens is 1. The predicted molar refractivity (Wildman–Crippen MR) is 72.6 cm³/mol. The van der Waals surface area contributed by atoms with Crippen molar-refractivity contribution in [2.75, 3.05) is 17.2 Å². The molecule has 6 heteroatoms. The van der Waals surface area contributed by atoms with E-state index >= 15 is 0 Å². The predicted octanol–water partition coefficient (Wildman–Crippen LogP) is 3.35. The average molecular weight is 281 g/mol. The number of alkyl halides is 3. The maximum atomic E-state index is 12.7. The highest BCUT2D eigenvalue weighted by Gasteiger charge is 2.38. The van der Waals surface area contributed by atoms with E-state index in [4.69, 9.17) is 5.73 Å². The van der Waals surface area contributed by atoms with Gasteiger partial charge in [-0.15, -0.1) is 0 Å². The second kappa shape index (κ2) is 4.54. The first-order chi connectivity index (χ1) is 9.46. The van der Waals surface area contributed by atoms with E-state index < -0.39 is 12.7 Å². The molecule has 3 nitrogen and oxygen atoms in total. The second-order valence-corrected chi connectivity index (χ2v) is 5.04. The Morgan fingerprint density at radius 2 is 2.00 bits per heavy atom. The molecule has 0 unspecified atom stereocenters. The molecular formula is C14H14F3N3. The molecule has 2 N–H and O–H groups in total. The number of fused-ring (bicyclic) bond motifs is 1. The van der Waals surface area contributed by atoms with Crippen LogP contribution in [0.5, 0.6) is 0 Å². The van der Waals surface area contributed by atoms with Crippen LogP contribution < -0.4 is 10.6 Å². The van der Waals surface area contributed by atoms with Crippen molar-refractivity contribution in [3.05, 3.63) is 30.5 Å². The Bertz CT molecular complexity index is 635. The lowest BCUT2D eigenvalue weighted by Gasteiger charge is -2.27. The summed E-state index contributed by atoms with van der Waals surface area (Å²) in [7, 11) is 0. The molecule has 1 saturated carbocycles. The maximum Gasteiger partial charge on any atom is 0.405 e. The number of nitrogen functional groups attached to an aromatic ring is 1. The van der Waals surface area contributed by atoms with E-state index in [2.05, 4.69) is 4.98 Å². The molecule has 0 radical (unpaired) electrons. The van der Waals surface area contributed by atoms with Gasteiger partial charge in [-0.25, -0.2) is 0 Å². The summed E-state index contributed by atoms with van der Waals surface area (Å²) >= 11 is 0. The van der Waals surface area contributed by atoms with Crippen molar-refractivity contribution in [2.24, 2.45) is 0 Å². The minimum atomic E-state index is -4.24. The van der Waals surface area contributed by atoms with Crippen LogP contribution in [-0.2, 0) is 0 Å². The van der Waals surface area contributed by atoms with E-state index in [9.17, 15) is 13.2 Å². The van der Waals surface area contributed by atoms with Crippen molar-refractivity contribution >= 4 is 22.3 Å². The van der Waals surface area contributed by atoms with Gasteiger partial charge in [0.2, 0.25) is 0 Å². The van der Waals surface area contributed by atoms with Crippen molar-refractivity contribution in [3.63, 3.8) is 0 Å². The Morgan fingerprint density at radius 1 is 1.25 bits per heavy atom. The van der Waals surface area contributed by atoms with E-state index in [1.807, 2.05) is 0 Å². The van der Waals surface area contributed by atoms with Gasteiger partial charge >= 0.3 is 6.18 Å². The second-order valence-electron chi connectivity index (χ2n) is 5.04. The molecule has 1 aliphatic carbocycles. The highest BCUT2D eigenvalue weighted by molar-refractivity contribution is 5.97. The molecular weight excluding hydrogens is 267 g/mol. The van der Waals surface area contributed by atoms with Crippen molar-refractivity contribution in [2.45, 2.75) is 25.1 Å². The Kier molecular flexibility index (Phi) is 2.96. The minimum absolute atomic E-state index is 0.0620. The first kappa shape index (κ1) is 13.0. The molecule has 0 aliphatic heterocycles. The topological polar surface area (TPSA) is 42.1 Å². The molecule has 0 atom stereocenters. The zero-order valence-electron chi connectivity index (χ0n) is 10.7. The molecule has 1 fully saturated rings. The summed E-state index contributed by atoms with van der Waals surface area (Å²) < 4.78 is 38.2. The number of hydrogen-bond acceptors (Lipinski definition) is 3. The third kappa shape index (κ3) is 2.50. The summed E-state index contributed by atoms with van der Waals surface area (Å²) in [6.07, 6.45) is -1.05. The van der Waals surface area contributed by atoms with Crippen LogP contribution >= 0.6 is 0 Å². The molecule has 20 heavy (non-hydrogen) atoms. The Labute approximate surface area is 114 Å². The van der Waals surface area contributed by atoms with E-state index in [0.29, 0.717) is 22.3 Å². The fraction of sp³-hybridized carbons (Fsp3) is 0.357. The average Bonchev–Trinajstić information content (AvgIpc) is 3.20. The van der Waals surface area contributed by atoms with Gasteiger partial charge < -0.3 is 10.6 Å². The standard InChI is InChI=1S/C14H14F3N3/c15-14(16,17)8-20(9-3-4-9)12-6-5-11-10(13(12)18)2-1-7-19-11/h1-2,5-7,9H,3-4,8,18H2. The summed E-state index contributed by atoms with van der Waals surface area (Å²) in [6.45, 7) is -0.965. The zero-order valence-corrected chi connectivity index (χ0v) is 10.7. The first-order valence-electron chi connectivity index (χ1n) is 6.42. The molecule has 106 valence electrons. The minimum Gasteiger partial charge on any atom is -0.396 e. The number of pyridine rings is 1. The molecule has 1 aromatic heterocycles. The van der Waals surface area contributed by atoms with Crippen LogP contribution in [0.15, 0.2) is 30.5 Å². The van der Waals surface area contributed by atoms with E-state index in [1.54, 1.807) is 30.5 Å². The van der Waals surface area contributed by atoms with Crippen LogP contribution in [0, 0.1) is 0 Å². The van der Waals surface area contributed by atoms with Crippen molar-refractivity contribution in [3.8, 4) is 0 Å².